The Morgan fingerprint density at radius 1 is 1.25 bits per heavy atom. The van der Waals surface area contributed by atoms with Gasteiger partial charge in [-0.1, -0.05) is 6.07 Å². The van der Waals surface area contributed by atoms with Gasteiger partial charge in [-0.2, -0.15) is 11.8 Å². The lowest BCUT2D eigenvalue weighted by molar-refractivity contribution is 0.392. The summed E-state index contributed by atoms with van der Waals surface area (Å²) >= 11 is 1.87. The maximum atomic E-state index is 13.8. The highest BCUT2D eigenvalue weighted by Gasteiger charge is 2.05. The van der Waals surface area contributed by atoms with Gasteiger partial charge in [0.25, 0.3) is 0 Å². The number of nitrogens with one attached hydrogen (secondary N) is 2. The summed E-state index contributed by atoms with van der Waals surface area (Å²) < 4.78 is 13.8. The molecule has 0 aliphatic heterocycles. The lowest BCUT2D eigenvalue weighted by Crippen LogP contribution is -2.37. The van der Waals surface area contributed by atoms with Gasteiger partial charge in [-0.3, -0.25) is 4.99 Å². The second-order valence-electron chi connectivity index (χ2n) is 5.72. The van der Waals surface area contributed by atoms with E-state index in [0.717, 1.165) is 24.5 Å². The van der Waals surface area contributed by atoms with Gasteiger partial charge in [0.05, 0.1) is 0 Å². The van der Waals surface area contributed by atoms with E-state index in [9.17, 15) is 4.39 Å². The number of rotatable bonds is 9. The molecule has 1 aromatic carbocycles. The second kappa shape index (κ2) is 13.7. The molecule has 0 unspecified atom stereocenters. The Morgan fingerprint density at radius 2 is 2.00 bits per heavy atom. The third-order valence-corrected chi connectivity index (χ3v) is 4.04. The van der Waals surface area contributed by atoms with Crippen LogP contribution in [0.2, 0.25) is 0 Å². The second-order valence-corrected chi connectivity index (χ2v) is 6.70. The highest BCUT2D eigenvalue weighted by atomic mass is 127. The number of benzene rings is 1. The molecule has 1 aromatic rings. The summed E-state index contributed by atoms with van der Waals surface area (Å²) in [7, 11) is 5.64. The fourth-order valence-electron chi connectivity index (χ4n) is 2.18. The van der Waals surface area contributed by atoms with Gasteiger partial charge >= 0.3 is 0 Å². The number of aliphatic imine (C=N–C) groups is 1. The molecule has 2 N–H and O–H groups in total. The van der Waals surface area contributed by atoms with Gasteiger partial charge in [-0.25, -0.2) is 4.39 Å². The first kappa shape index (κ1) is 23.5. The number of guanidine groups is 1. The maximum absolute atomic E-state index is 13.8. The van der Waals surface area contributed by atoms with E-state index >= 15 is 0 Å². The summed E-state index contributed by atoms with van der Waals surface area (Å²) in [5.41, 5.74) is 1.77. The van der Waals surface area contributed by atoms with E-state index in [1.54, 1.807) is 7.05 Å². The number of halogens is 2. The smallest absolute Gasteiger partial charge is 0.191 e. The predicted molar refractivity (Wildman–Crippen MR) is 115 cm³/mol. The predicted octanol–water partition coefficient (Wildman–Crippen LogP) is 3.31. The summed E-state index contributed by atoms with van der Waals surface area (Å²) in [6, 6.07) is 5.26. The van der Waals surface area contributed by atoms with E-state index < -0.39 is 0 Å². The molecule has 0 aliphatic carbocycles. The van der Waals surface area contributed by atoms with Gasteiger partial charge in [0.2, 0.25) is 0 Å². The number of thioether (sulfide) groups is 1. The van der Waals surface area contributed by atoms with Crippen molar-refractivity contribution in [2.45, 2.75) is 25.9 Å². The lowest BCUT2D eigenvalue weighted by atomic mass is 10.1. The summed E-state index contributed by atoms with van der Waals surface area (Å²) in [5.74, 6) is 1.82. The first-order valence-corrected chi connectivity index (χ1v) is 9.31. The third kappa shape index (κ3) is 9.68. The van der Waals surface area contributed by atoms with Crippen LogP contribution >= 0.6 is 35.7 Å². The van der Waals surface area contributed by atoms with Crippen molar-refractivity contribution in [2.75, 3.05) is 39.7 Å². The third-order valence-electron chi connectivity index (χ3n) is 3.35. The van der Waals surface area contributed by atoms with Crippen LogP contribution < -0.4 is 10.6 Å². The zero-order valence-electron chi connectivity index (χ0n) is 15.1. The van der Waals surface area contributed by atoms with Gasteiger partial charge in [-0.15, -0.1) is 24.0 Å². The van der Waals surface area contributed by atoms with Crippen molar-refractivity contribution in [2.24, 2.45) is 4.99 Å². The molecule has 0 amide bonds. The Morgan fingerprint density at radius 3 is 2.62 bits per heavy atom. The van der Waals surface area contributed by atoms with Crippen molar-refractivity contribution >= 4 is 41.7 Å². The zero-order valence-corrected chi connectivity index (χ0v) is 18.2. The van der Waals surface area contributed by atoms with E-state index in [0.29, 0.717) is 18.7 Å². The number of unbranched alkanes of at least 4 members (excludes halogenated alkanes) is 1. The van der Waals surface area contributed by atoms with E-state index in [-0.39, 0.29) is 29.8 Å². The molecule has 1 rings (SSSR count). The quantitative estimate of drug-likeness (QED) is 0.253. The fourth-order valence-corrected chi connectivity index (χ4v) is 2.68. The monoisotopic (exact) mass is 468 g/mol. The molecule has 0 aromatic heterocycles. The average molecular weight is 468 g/mol. The lowest BCUT2D eigenvalue weighted by Gasteiger charge is -2.14. The molecule has 0 saturated heterocycles. The van der Waals surface area contributed by atoms with Crippen LogP contribution in [0.15, 0.2) is 23.2 Å². The first-order chi connectivity index (χ1) is 11.1. The van der Waals surface area contributed by atoms with Crippen LogP contribution in [0.25, 0.3) is 0 Å². The van der Waals surface area contributed by atoms with Crippen LogP contribution in [-0.2, 0) is 13.1 Å². The standard InChI is InChI=1S/C17H29FN4S.HI/c1-19-17(20-9-5-6-10-23-4)21-12-14-7-8-16(18)15(11-14)13-22(2)3;/h7-8,11H,5-6,9-10,12-13H2,1-4H3,(H2,19,20,21);1H. The summed E-state index contributed by atoms with van der Waals surface area (Å²) in [6.07, 6.45) is 4.46. The molecule has 0 radical (unpaired) electrons. The molecule has 0 spiro atoms. The summed E-state index contributed by atoms with van der Waals surface area (Å²) in [5, 5.41) is 6.58. The number of hydrogen-bond acceptors (Lipinski definition) is 3. The first-order valence-electron chi connectivity index (χ1n) is 7.92. The van der Waals surface area contributed by atoms with Gasteiger partial charge in [0.15, 0.2) is 5.96 Å². The molecule has 0 fully saturated rings. The molecule has 0 aliphatic rings. The minimum atomic E-state index is -0.154. The van der Waals surface area contributed by atoms with Crippen molar-refractivity contribution in [3.05, 3.63) is 35.1 Å². The van der Waals surface area contributed by atoms with Crippen molar-refractivity contribution in [3.8, 4) is 0 Å². The summed E-state index contributed by atoms with van der Waals surface area (Å²) in [6.45, 7) is 2.14. The Labute approximate surface area is 167 Å². The average Bonchev–Trinajstić information content (AvgIpc) is 2.52. The van der Waals surface area contributed by atoms with Crippen molar-refractivity contribution in [3.63, 3.8) is 0 Å². The van der Waals surface area contributed by atoms with Gasteiger partial charge in [0, 0.05) is 32.2 Å². The molecule has 0 saturated carbocycles. The van der Waals surface area contributed by atoms with E-state index in [1.165, 1.54) is 18.2 Å². The SMILES string of the molecule is CN=C(NCCCCSC)NCc1ccc(F)c(CN(C)C)c1.I. The Kier molecular flexibility index (Phi) is 13.4. The largest absolute Gasteiger partial charge is 0.356 e. The highest BCUT2D eigenvalue weighted by molar-refractivity contribution is 14.0. The van der Waals surface area contributed by atoms with Crippen LogP contribution in [0.3, 0.4) is 0 Å². The van der Waals surface area contributed by atoms with E-state index in [4.69, 9.17) is 0 Å². The molecular formula is C17H30FIN4S. The van der Waals surface area contributed by atoms with Crippen molar-refractivity contribution < 1.29 is 4.39 Å². The number of nitrogens with zero attached hydrogens (tertiary/aromatic N) is 2. The normalized spacial score (nSPS) is 11.3. The molecule has 138 valence electrons. The van der Waals surface area contributed by atoms with Gasteiger partial charge < -0.3 is 15.5 Å². The summed E-state index contributed by atoms with van der Waals surface area (Å²) in [4.78, 5) is 6.18. The van der Waals surface area contributed by atoms with E-state index in [2.05, 4.69) is 21.9 Å². The maximum Gasteiger partial charge on any atom is 0.191 e. The highest BCUT2D eigenvalue weighted by Crippen LogP contribution is 2.12. The topological polar surface area (TPSA) is 39.7 Å². The zero-order chi connectivity index (χ0) is 17.1. The fraction of sp³-hybridized carbons (Fsp3) is 0.588. The van der Waals surface area contributed by atoms with Crippen LogP contribution in [0.5, 0.6) is 0 Å². The molecular weight excluding hydrogens is 438 g/mol. The molecule has 4 nitrogen and oxygen atoms in total. The van der Waals surface area contributed by atoms with Gasteiger partial charge in [-0.05, 0) is 56.6 Å². The Balaban J connectivity index is 0.00000529. The van der Waals surface area contributed by atoms with Crippen LogP contribution in [0.4, 0.5) is 4.39 Å². The van der Waals surface area contributed by atoms with Crippen molar-refractivity contribution in [1.82, 2.24) is 15.5 Å². The molecule has 24 heavy (non-hydrogen) atoms. The minimum Gasteiger partial charge on any atom is -0.356 e. The Hall–Kier alpha value is -0.540. The van der Waals surface area contributed by atoms with Crippen LogP contribution in [0.1, 0.15) is 24.0 Å². The van der Waals surface area contributed by atoms with Crippen LogP contribution in [0, 0.1) is 5.82 Å². The molecule has 0 atom stereocenters. The minimum absolute atomic E-state index is 0. The van der Waals surface area contributed by atoms with Crippen LogP contribution in [-0.4, -0.2) is 50.6 Å². The van der Waals surface area contributed by atoms with Crippen molar-refractivity contribution in [1.29, 1.82) is 0 Å². The van der Waals surface area contributed by atoms with E-state index in [1.807, 2.05) is 42.9 Å². The Bertz CT molecular complexity index is 497. The molecule has 7 heteroatoms. The molecule has 0 bridgehead atoms. The van der Waals surface area contributed by atoms with Gasteiger partial charge in [0.1, 0.15) is 5.82 Å². The molecule has 0 heterocycles. The number of hydrogen-bond donors (Lipinski definition) is 2.